The molecular formula is C27H30N4O5. The van der Waals surface area contributed by atoms with Gasteiger partial charge in [0.05, 0.1) is 28.9 Å². The van der Waals surface area contributed by atoms with Gasteiger partial charge in [0.1, 0.15) is 12.2 Å². The molecule has 3 aromatic rings. The van der Waals surface area contributed by atoms with Gasteiger partial charge in [-0.15, -0.1) is 0 Å². The van der Waals surface area contributed by atoms with Gasteiger partial charge in [0.2, 0.25) is 11.8 Å². The number of aromatic nitrogens is 2. The third-order valence-electron chi connectivity index (χ3n) is 6.23. The number of fused-ring (bicyclic) bond motifs is 1. The van der Waals surface area contributed by atoms with Gasteiger partial charge in [0.25, 0.3) is 5.56 Å². The highest BCUT2D eigenvalue weighted by Crippen LogP contribution is 2.19. The van der Waals surface area contributed by atoms with Crippen molar-refractivity contribution in [3.63, 3.8) is 0 Å². The fourth-order valence-electron chi connectivity index (χ4n) is 4.48. The molecule has 1 saturated carbocycles. The van der Waals surface area contributed by atoms with E-state index in [2.05, 4.69) is 15.6 Å². The molecule has 1 fully saturated rings. The van der Waals surface area contributed by atoms with Crippen molar-refractivity contribution in [2.24, 2.45) is 0 Å². The lowest BCUT2D eigenvalue weighted by Crippen LogP contribution is -2.34. The van der Waals surface area contributed by atoms with Crippen LogP contribution in [0.5, 0.6) is 0 Å². The van der Waals surface area contributed by atoms with Gasteiger partial charge in [-0.2, -0.15) is 0 Å². The predicted octanol–water partition coefficient (Wildman–Crippen LogP) is 3.20. The molecule has 0 aliphatic heterocycles. The number of carbonyl (C=O) groups excluding carboxylic acids is 3. The number of carbonyl (C=O) groups is 3. The van der Waals surface area contributed by atoms with Crippen LogP contribution in [0.2, 0.25) is 0 Å². The molecule has 0 unspecified atom stereocenters. The Morgan fingerprint density at radius 3 is 2.53 bits per heavy atom. The topological polar surface area (TPSA) is 119 Å². The molecule has 188 valence electrons. The summed E-state index contributed by atoms with van der Waals surface area (Å²) in [6.07, 6.45) is 4.54. The first kappa shape index (κ1) is 25.1. The van der Waals surface area contributed by atoms with E-state index >= 15 is 0 Å². The average molecular weight is 491 g/mol. The normalized spacial score (nSPS) is 13.5. The summed E-state index contributed by atoms with van der Waals surface area (Å²) in [7, 11) is 0. The van der Waals surface area contributed by atoms with Crippen molar-refractivity contribution in [1.29, 1.82) is 0 Å². The van der Waals surface area contributed by atoms with Gasteiger partial charge in [-0.05, 0) is 44.0 Å². The quantitative estimate of drug-likeness (QED) is 0.445. The molecule has 2 aromatic carbocycles. The summed E-state index contributed by atoms with van der Waals surface area (Å²) in [6.45, 7) is 1.64. The Balaban J connectivity index is 1.54. The minimum Gasteiger partial charge on any atom is -0.462 e. The Morgan fingerprint density at radius 1 is 1.03 bits per heavy atom. The van der Waals surface area contributed by atoms with Crippen molar-refractivity contribution in [3.8, 4) is 0 Å². The Kier molecular flexibility index (Phi) is 8.10. The van der Waals surface area contributed by atoms with Gasteiger partial charge >= 0.3 is 5.97 Å². The molecule has 4 rings (SSSR count). The third-order valence-corrected chi connectivity index (χ3v) is 6.23. The molecule has 1 aliphatic rings. The summed E-state index contributed by atoms with van der Waals surface area (Å²) in [4.78, 5) is 55.4. The molecule has 1 aliphatic carbocycles. The first-order valence-electron chi connectivity index (χ1n) is 12.3. The third kappa shape index (κ3) is 5.97. The van der Waals surface area contributed by atoms with Crippen LogP contribution < -0.4 is 16.2 Å². The minimum atomic E-state index is -0.543. The Hall–Kier alpha value is -4.01. The van der Waals surface area contributed by atoms with Gasteiger partial charge in [0, 0.05) is 18.9 Å². The molecule has 0 spiro atoms. The lowest BCUT2D eigenvalue weighted by Gasteiger charge is -2.14. The van der Waals surface area contributed by atoms with Crippen LogP contribution in [0.15, 0.2) is 53.3 Å². The number of ether oxygens (including phenoxy) is 1. The summed E-state index contributed by atoms with van der Waals surface area (Å²) >= 11 is 0. The maximum absolute atomic E-state index is 13.3. The second-order valence-corrected chi connectivity index (χ2v) is 8.80. The summed E-state index contributed by atoms with van der Waals surface area (Å²) < 4.78 is 6.42. The standard InChI is InChI=1S/C27H30N4O5/c1-2-36-27(35)19-11-5-6-12-20(19)30-25(33)17-31-23-14-8-7-13-21(23)29-22(26(31)34)15-16-24(32)28-18-9-3-4-10-18/h5-8,11-14,18H,2-4,9-10,15-17H2,1H3,(H,28,32)(H,30,33). The van der Waals surface area contributed by atoms with Crippen LogP contribution in [-0.4, -0.2) is 40.0 Å². The van der Waals surface area contributed by atoms with E-state index in [4.69, 9.17) is 4.74 Å². The number of hydrogen-bond acceptors (Lipinski definition) is 6. The van der Waals surface area contributed by atoms with Gasteiger partial charge < -0.3 is 15.4 Å². The molecule has 0 atom stereocenters. The number of rotatable bonds is 9. The van der Waals surface area contributed by atoms with Crippen molar-refractivity contribution >= 4 is 34.5 Å². The van der Waals surface area contributed by atoms with E-state index in [0.717, 1.165) is 25.7 Å². The smallest absolute Gasteiger partial charge is 0.340 e. The van der Waals surface area contributed by atoms with Crippen molar-refractivity contribution < 1.29 is 19.1 Å². The number of nitrogens with zero attached hydrogens (tertiary/aromatic N) is 2. The van der Waals surface area contributed by atoms with E-state index in [1.807, 2.05) is 0 Å². The number of hydrogen-bond donors (Lipinski definition) is 2. The fourth-order valence-corrected chi connectivity index (χ4v) is 4.48. The highest BCUT2D eigenvalue weighted by molar-refractivity contribution is 6.01. The van der Waals surface area contributed by atoms with Crippen molar-refractivity contribution in [3.05, 3.63) is 70.1 Å². The van der Waals surface area contributed by atoms with Crippen LogP contribution in [0.25, 0.3) is 11.0 Å². The number of para-hydroxylation sites is 3. The molecule has 0 saturated heterocycles. The summed E-state index contributed by atoms with van der Waals surface area (Å²) in [5.41, 5.74) is 1.41. The monoisotopic (exact) mass is 490 g/mol. The van der Waals surface area contributed by atoms with Crippen LogP contribution in [0.1, 0.15) is 55.1 Å². The minimum absolute atomic E-state index is 0.101. The predicted molar refractivity (Wildman–Crippen MR) is 136 cm³/mol. The van der Waals surface area contributed by atoms with Gasteiger partial charge in [0.15, 0.2) is 0 Å². The molecule has 0 bridgehead atoms. The number of anilines is 1. The Labute approximate surface area is 208 Å². The van der Waals surface area contributed by atoms with Gasteiger partial charge in [-0.25, -0.2) is 9.78 Å². The van der Waals surface area contributed by atoms with Crippen molar-refractivity contribution in [1.82, 2.24) is 14.9 Å². The molecule has 36 heavy (non-hydrogen) atoms. The van der Waals surface area contributed by atoms with E-state index in [1.165, 1.54) is 4.57 Å². The Bertz CT molecular complexity index is 1330. The maximum atomic E-state index is 13.3. The zero-order chi connectivity index (χ0) is 25.5. The van der Waals surface area contributed by atoms with Crippen LogP contribution in [0, 0.1) is 0 Å². The lowest BCUT2D eigenvalue weighted by molar-refractivity contribution is -0.121. The second-order valence-electron chi connectivity index (χ2n) is 8.80. The van der Waals surface area contributed by atoms with Crippen LogP contribution >= 0.6 is 0 Å². The number of benzene rings is 2. The maximum Gasteiger partial charge on any atom is 0.340 e. The first-order valence-corrected chi connectivity index (χ1v) is 12.3. The van der Waals surface area contributed by atoms with Gasteiger partial charge in [-0.1, -0.05) is 37.1 Å². The van der Waals surface area contributed by atoms with Crippen molar-refractivity contribution in [2.75, 3.05) is 11.9 Å². The van der Waals surface area contributed by atoms with Gasteiger partial charge in [-0.3, -0.25) is 19.0 Å². The second kappa shape index (κ2) is 11.6. The number of esters is 1. The molecule has 2 amide bonds. The van der Waals surface area contributed by atoms with E-state index in [-0.39, 0.29) is 49.2 Å². The summed E-state index contributed by atoms with van der Waals surface area (Å²) in [6, 6.07) is 13.8. The van der Waals surface area contributed by atoms with E-state index in [0.29, 0.717) is 16.7 Å². The zero-order valence-electron chi connectivity index (χ0n) is 20.3. The first-order chi connectivity index (χ1) is 17.5. The number of nitrogens with one attached hydrogen (secondary N) is 2. The van der Waals surface area contributed by atoms with E-state index in [9.17, 15) is 19.2 Å². The lowest BCUT2D eigenvalue weighted by atomic mass is 10.1. The van der Waals surface area contributed by atoms with Crippen molar-refractivity contribution in [2.45, 2.75) is 58.0 Å². The fraction of sp³-hybridized carbons (Fsp3) is 0.370. The van der Waals surface area contributed by atoms with Crippen LogP contribution in [0.3, 0.4) is 0 Å². The van der Waals surface area contributed by atoms with Crippen LogP contribution in [-0.2, 0) is 27.3 Å². The molecule has 0 radical (unpaired) electrons. The van der Waals surface area contributed by atoms with Crippen LogP contribution in [0.4, 0.5) is 5.69 Å². The number of aryl methyl sites for hydroxylation is 1. The summed E-state index contributed by atoms with van der Waals surface area (Å²) in [5, 5.41) is 5.74. The molecule has 1 heterocycles. The number of amides is 2. The van der Waals surface area contributed by atoms with E-state index < -0.39 is 17.4 Å². The zero-order valence-corrected chi connectivity index (χ0v) is 20.3. The highest BCUT2D eigenvalue weighted by Gasteiger charge is 2.19. The highest BCUT2D eigenvalue weighted by atomic mass is 16.5. The summed E-state index contributed by atoms with van der Waals surface area (Å²) in [5.74, 6) is -1.12. The molecular weight excluding hydrogens is 460 g/mol. The Morgan fingerprint density at radius 2 is 1.75 bits per heavy atom. The average Bonchev–Trinajstić information content (AvgIpc) is 3.38. The molecule has 2 N–H and O–H groups in total. The molecule has 9 heteroatoms. The molecule has 1 aromatic heterocycles. The molecule has 9 nitrogen and oxygen atoms in total. The van der Waals surface area contributed by atoms with E-state index in [1.54, 1.807) is 55.5 Å². The largest absolute Gasteiger partial charge is 0.462 e. The SMILES string of the molecule is CCOC(=O)c1ccccc1NC(=O)Cn1c(=O)c(CCC(=O)NC2CCCC2)nc2ccccc21.